The van der Waals surface area contributed by atoms with E-state index in [4.69, 9.17) is 4.74 Å². The van der Waals surface area contributed by atoms with Gasteiger partial charge in [-0.1, -0.05) is 12.8 Å². The lowest BCUT2D eigenvalue weighted by Gasteiger charge is -2.26. The Morgan fingerprint density at radius 3 is 2.90 bits per heavy atom. The normalized spacial score (nSPS) is 24.4. The second-order valence-corrected chi connectivity index (χ2v) is 6.46. The topological polar surface area (TPSA) is 58.5 Å². The van der Waals surface area contributed by atoms with E-state index < -0.39 is 5.60 Å². The van der Waals surface area contributed by atoms with Gasteiger partial charge >= 0.3 is 0 Å². The van der Waals surface area contributed by atoms with Crippen LogP contribution in [-0.4, -0.2) is 47.5 Å². The maximum absolute atomic E-state index is 10.4. The van der Waals surface area contributed by atoms with Crippen LogP contribution in [0.25, 0.3) is 0 Å². The minimum Gasteiger partial charge on any atom is -0.390 e. The van der Waals surface area contributed by atoms with Crippen molar-refractivity contribution in [3.63, 3.8) is 0 Å². The largest absolute Gasteiger partial charge is 0.390 e. The van der Waals surface area contributed by atoms with Gasteiger partial charge in [-0.2, -0.15) is 0 Å². The molecule has 1 N–H and O–H groups in total. The number of anilines is 1. The van der Waals surface area contributed by atoms with Crippen molar-refractivity contribution >= 4 is 5.82 Å². The van der Waals surface area contributed by atoms with Crippen LogP contribution in [0.2, 0.25) is 0 Å². The van der Waals surface area contributed by atoms with Crippen molar-refractivity contribution in [1.29, 1.82) is 0 Å². The minimum absolute atomic E-state index is 0.402. The van der Waals surface area contributed by atoms with Gasteiger partial charge in [0, 0.05) is 32.2 Å². The van der Waals surface area contributed by atoms with Gasteiger partial charge in [-0.05, 0) is 25.7 Å². The molecule has 0 amide bonds. The summed E-state index contributed by atoms with van der Waals surface area (Å²) in [5.74, 6) is 1.34. The van der Waals surface area contributed by atoms with Crippen LogP contribution in [0.1, 0.15) is 50.1 Å². The van der Waals surface area contributed by atoms with Crippen LogP contribution in [-0.2, 0) is 4.74 Å². The van der Waals surface area contributed by atoms with Crippen molar-refractivity contribution in [3.05, 3.63) is 18.1 Å². The SMILES string of the molecule is CN(CCC1(O)CCCC1)c1cc(C2CCOC2)ncn1. The van der Waals surface area contributed by atoms with Gasteiger partial charge < -0.3 is 14.7 Å². The number of hydrogen-bond donors (Lipinski definition) is 1. The van der Waals surface area contributed by atoms with Crippen molar-refractivity contribution in [1.82, 2.24) is 9.97 Å². The summed E-state index contributed by atoms with van der Waals surface area (Å²) in [7, 11) is 2.04. The van der Waals surface area contributed by atoms with Crippen LogP contribution in [0.4, 0.5) is 5.82 Å². The fourth-order valence-corrected chi connectivity index (χ4v) is 3.33. The van der Waals surface area contributed by atoms with Crippen molar-refractivity contribution in [3.8, 4) is 0 Å². The van der Waals surface area contributed by atoms with Gasteiger partial charge in [0.1, 0.15) is 12.1 Å². The maximum Gasteiger partial charge on any atom is 0.131 e. The van der Waals surface area contributed by atoms with Gasteiger partial charge in [0.2, 0.25) is 0 Å². The summed E-state index contributed by atoms with van der Waals surface area (Å²) in [5, 5.41) is 10.4. The van der Waals surface area contributed by atoms with Crippen LogP contribution in [0.3, 0.4) is 0 Å². The molecule has 1 saturated carbocycles. The molecular weight excluding hydrogens is 266 g/mol. The first kappa shape index (κ1) is 14.7. The third-order valence-corrected chi connectivity index (χ3v) is 4.86. The summed E-state index contributed by atoms with van der Waals surface area (Å²) in [5.41, 5.74) is 0.618. The number of rotatable bonds is 5. The smallest absolute Gasteiger partial charge is 0.131 e. The Balaban J connectivity index is 1.61. The number of hydrogen-bond acceptors (Lipinski definition) is 5. The van der Waals surface area contributed by atoms with E-state index in [1.54, 1.807) is 6.33 Å². The standard InChI is InChI=1S/C16H25N3O2/c1-19(8-7-16(20)5-2-3-6-16)15-10-14(17-12-18-15)13-4-9-21-11-13/h10,12-13,20H,2-9,11H2,1H3. The fraction of sp³-hybridized carbons (Fsp3) is 0.750. The molecule has 0 spiro atoms. The highest BCUT2D eigenvalue weighted by Crippen LogP contribution is 2.32. The molecule has 1 aliphatic carbocycles. The maximum atomic E-state index is 10.4. The quantitative estimate of drug-likeness (QED) is 0.900. The third-order valence-electron chi connectivity index (χ3n) is 4.86. The molecule has 5 heteroatoms. The summed E-state index contributed by atoms with van der Waals surface area (Å²) in [6, 6.07) is 2.07. The summed E-state index contributed by atoms with van der Waals surface area (Å²) < 4.78 is 5.43. The summed E-state index contributed by atoms with van der Waals surface area (Å²) in [4.78, 5) is 10.9. The van der Waals surface area contributed by atoms with Crippen molar-refractivity contribution in [2.45, 2.75) is 50.0 Å². The van der Waals surface area contributed by atoms with E-state index in [0.717, 1.165) is 69.8 Å². The Morgan fingerprint density at radius 1 is 1.38 bits per heavy atom. The van der Waals surface area contributed by atoms with Gasteiger partial charge in [-0.3, -0.25) is 0 Å². The number of ether oxygens (including phenoxy) is 1. The molecule has 1 atom stereocenters. The zero-order chi connectivity index (χ0) is 14.7. The number of aromatic nitrogens is 2. The lowest BCUT2D eigenvalue weighted by Crippen LogP contribution is -2.31. The summed E-state index contributed by atoms with van der Waals surface area (Å²) >= 11 is 0. The molecule has 1 aromatic heterocycles. The van der Waals surface area contributed by atoms with E-state index in [2.05, 4.69) is 20.9 Å². The van der Waals surface area contributed by atoms with Gasteiger partial charge in [0.05, 0.1) is 17.9 Å². The van der Waals surface area contributed by atoms with E-state index in [9.17, 15) is 5.11 Å². The highest BCUT2D eigenvalue weighted by Gasteiger charge is 2.31. The van der Waals surface area contributed by atoms with Crippen LogP contribution < -0.4 is 4.90 Å². The predicted octanol–water partition coefficient (Wildman–Crippen LogP) is 2.11. The highest BCUT2D eigenvalue weighted by molar-refractivity contribution is 5.38. The second kappa shape index (κ2) is 6.28. The molecule has 1 aliphatic heterocycles. The van der Waals surface area contributed by atoms with Crippen LogP contribution in [0.15, 0.2) is 12.4 Å². The Labute approximate surface area is 126 Å². The number of aliphatic hydroxyl groups is 1. The van der Waals surface area contributed by atoms with E-state index in [0.29, 0.717) is 5.92 Å². The third kappa shape index (κ3) is 3.52. The van der Waals surface area contributed by atoms with Crippen molar-refractivity contribution < 1.29 is 9.84 Å². The highest BCUT2D eigenvalue weighted by atomic mass is 16.5. The van der Waals surface area contributed by atoms with E-state index in [-0.39, 0.29) is 0 Å². The molecule has 3 rings (SSSR count). The first-order chi connectivity index (χ1) is 10.2. The average Bonchev–Trinajstić information content (AvgIpc) is 3.17. The molecule has 0 aromatic carbocycles. The molecule has 2 aliphatic rings. The predicted molar refractivity (Wildman–Crippen MR) is 81.5 cm³/mol. The zero-order valence-corrected chi connectivity index (χ0v) is 12.8. The molecule has 116 valence electrons. The summed E-state index contributed by atoms with van der Waals surface area (Å²) in [6.45, 7) is 2.42. The molecular formula is C16H25N3O2. The van der Waals surface area contributed by atoms with Gasteiger partial charge in [0.15, 0.2) is 0 Å². The van der Waals surface area contributed by atoms with Crippen molar-refractivity contribution in [2.24, 2.45) is 0 Å². The van der Waals surface area contributed by atoms with Gasteiger partial charge in [-0.15, -0.1) is 0 Å². The average molecular weight is 291 g/mol. The molecule has 21 heavy (non-hydrogen) atoms. The van der Waals surface area contributed by atoms with Crippen LogP contribution in [0.5, 0.6) is 0 Å². The van der Waals surface area contributed by atoms with E-state index >= 15 is 0 Å². The fourth-order valence-electron chi connectivity index (χ4n) is 3.33. The number of nitrogens with zero attached hydrogens (tertiary/aromatic N) is 3. The molecule has 1 unspecified atom stereocenters. The molecule has 0 radical (unpaired) electrons. The monoisotopic (exact) mass is 291 g/mol. The second-order valence-electron chi connectivity index (χ2n) is 6.46. The summed E-state index contributed by atoms with van der Waals surface area (Å²) in [6.07, 6.45) is 7.68. The first-order valence-corrected chi connectivity index (χ1v) is 7.99. The lowest BCUT2D eigenvalue weighted by atomic mass is 9.98. The van der Waals surface area contributed by atoms with Crippen molar-refractivity contribution in [2.75, 3.05) is 31.7 Å². The van der Waals surface area contributed by atoms with Crippen LogP contribution in [0, 0.1) is 0 Å². The Hall–Kier alpha value is -1.20. The minimum atomic E-state index is -0.455. The van der Waals surface area contributed by atoms with Gasteiger partial charge in [-0.25, -0.2) is 9.97 Å². The molecule has 1 aromatic rings. The van der Waals surface area contributed by atoms with Crippen LogP contribution >= 0.6 is 0 Å². The molecule has 2 fully saturated rings. The molecule has 5 nitrogen and oxygen atoms in total. The Morgan fingerprint density at radius 2 is 2.19 bits per heavy atom. The van der Waals surface area contributed by atoms with E-state index in [1.807, 2.05) is 7.05 Å². The van der Waals surface area contributed by atoms with Gasteiger partial charge in [0.25, 0.3) is 0 Å². The molecule has 1 saturated heterocycles. The zero-order valence-electron chi connectivity index (χ0n) is 12.8. The molecule has 0 bridgehead atoms. The lowest BCUT2D eigenvalue weighted by molar-refractivity contribution is 0.0410. The Kier molecular flexibility index (Phi) is 4.40. The molecule has 2 heterocycles. The first-order valence-electron chi connectivity index (χ1n) is 7.99. The van der Waals surface area contributed by atoms with E-state index in [1.165, 1.54) is 0 Å². The Bertz CT molecular complexity index is 468.